The zero-order chi connectivity index (χ0) is 14.6. The van der Waals surface area contributed by atoms with Crippen molar-refractivity contribution in [1.29, 1.82) is 0 Å². The summed E-state index contributed by atoms with van der Waals surface area (Å²) in [4.78, 5) is 10.5. The standard InChI is InChI=1S/C11H10BrF4NO2/c12-6-1-2-8(13)7(5-6)9(18)3-4-17-10(19)11(14,15)16/h1-2,5,9,18H,3-4H2,(H,17,19). The maximum Gasteiger partial charge on any atom is 0.471 e. The number of benzene rings is 1. The largest absolute Gasteiger partial charge is 0.471 e. The van der Waals surface area contributed by atoms with E-state index in [0.29, 0.717) is 4.47 Å². The number of rotatable bonds is 4. The van der Waals surface area contributed by atoms with E-state index in [2.05, 4.69) is 15.9 Å². The van der Waals surface area contributed by atoms with Crippen molar-refractivity contribution in [3.8, 4) is 0 Å². The van der Waals surface area contributed by atoms with Gasteiger partial charge in [0.2, 0.25) is 0 Å². The lowest BCUT2D eigenvalue weighted by atomic mass is 10.1. The summed E-state index contributed by atoms with van der Waals surface area (Å²) in [6.45, 7) is -0.411. The second-order valence-electron chi connectivity index (χ2n) is 3.72. The lowest BCUT2D eigenvalue weighted by Gasteiger charge is -2.13. The van der Waals surface area contributed by atoms with Gasteiger partial charge in [-0.1, -0.05) is 15.9 Å². The summed E-state index contributed by atoms with van der Waals surface area (Å²) in [7, 11) is 0. The zero-order valence-electron chi connectivity index (χ0n) is 9.47. The van der Waals surface area contributed by atoms with Crippen LogP contribution >= 0.6 is 15.9 Å². The first-order chi connectivity index (χ1) is 8.71. The van der Waals surface area contributed by atoms with E-state index < -0.39 is 30.5 Å². The van der Waals surface area contributed by atoms with Crippen molar-refractivity contribution >= 4 is 21.8 Å². The molecule has 19 heavy (non-hydrogen) atoms. The normalized spacial score (nSPS) is 13.2. The van der Waals surface area contributed by atoms with Crippen molar-refractivity contribution in [3.05, 3.63) is 34.1 Å². The Morgan fingerprint density at radius 3 is 2.63 bits per heavy atom. The molecule has 106 valence electrons. The first kappa shape index (κ1) is 15.9. The van der Waals surface area contributed by atoms with Gasteiger partial charge < -0.3 is 10.4 Å². The highest BCUT2D eigenvalue weighted by Gasteiger charge is 2.38. The molecule has 0 saturated heterocycles. The summed E-state index contributed by atoms with van der Waals surface area (Å²) in [5.74, 6) is -2.76. The van der Waals surface area contributed by atoms with Crippen molar-refractivity contribution in [2.45, 2.75) is 18.7 Å². The van der Waals surface area contributed by atoms with Gasteiger partial charge in [-0.3, -0.25) is 4.79 Å². The average molecular weight is 344 g/mol. The van der Waals surface area contributed by atoms with Crippen LogP contribution in [0.1, 0.15) is 18.1 Å². The second kappa shape index (κ2) is 6.33. The maximum atomic E-state index is 13.3. The Morgan fingerprint density at radius 2 is 2.05 bits per heavy atom. The molecule has 0 aliphatic heterocycles. The third kappa shape index (κ3) is 4.79. The molecule has 1 unspecified atom stereocenters. The fourth-order valence-corrected chi connectivity index (χ4v) is 1.73. The number of hydrogen-bond donors (Lipinski definition) is 2. The number of carbonyl (C=O) groups is 1. The molecule has 0 aliphatic rings. The first-order valence-corrected chi connectivity index (χ1v) is 5.99. The predicted molar refractivity (Wildman–Crippen MR) is 62.7 cm³/mol. The van der Waals surface area contributed by atoms with E-state index in [0.717, 1.165) is 6.07 Å². The molecule has 1 rings (SSSR count). The van der Waals surface area contributed by atoms with Gasteiger partial charge in [0.1, 0.15) is 5.82 Å². The minimum absolute atomic E-state index is 0.0457. The molecule has 0 fully saturated rings. The first-order valence-electron chi connectivity index (χ1n) is 5.20. The minimum Gasteiger partial charge on any atom is -0.388 e. The van der Waals surface area contributed by atoms with Crippen molar-refractivity contribution in [1.82, 2.24) is 5.32 Å². The van der Waals surface area contributed by atoms with Crippen LogP contribution in [-0.2, 0) is 4.79 Å². The van der Waals surface area contributed by atoms with Crippen LogP contribution in [0.5, 0.6) is 0 Å². The molecule has 0 aliphatic carbocycles. The molecule has 0 heterocycles. The smallest absolute Gasteiger partial charge is 0.388 e. The fourth-order valence-electron chi connectivity index (χ4n) is 1.35. The Labute approximate surface area is 114 Å². The van der Waals surface area contributed by atoms with Crippen LogP contribution in [0.3, 0.4) is 0 Å². The van der Waals surface area contributed by atoms with Gasteiger partial charge in [-0.15, -0.1) is 0 Å². The predicted octanol–water partition coefficient (Wildman–Crippen LogP) is 2.69. The van der Waals surface area contributed by atoms with Crippen LogP contribution in [0, 0.1) is 5.82 Å². The van der Waals surface area contributed by atoms with Gasteiger partial charge in [0.15, 0.2) is 0 Å². The fraction of sp³-hybridized carbons (Fsp3) is 0.364. The van der Waals surface area contributed by atoms with E-state index >= 15 is 0 Å². The van der Waals surface area contributed by atoms with Gasteiger partial charge in [-0.2, -0.15) is 13.2 Å². The van der Waals surface area contributed by atoms with Gasteiger partial charge in [-0.05, 0) is 24.6 Å². The highest BCUT2D eigenvalue weighted by Crippen LogP contribution is 2.23. The quantitative estimate of drug-likeness (QED) is 0.826. The Bertz CT molecular complexity index is 464. The molecule has 3 nitrogen and oxygen atoms in total. The van der Waals surface area contributed by atoms with Gasteiger partial charge >= 0.3 is 12.1 Å². The number of aliphatic hydroxyl groups is 1. The van der Waals surface area contributed by atoms with E-state index in [-0.39, 0.29) is 12.0 Å². The molecule has 0 radical (unpaired) electrons. The molecule has 0 aromatic heterocycles. The van der Waals surface area contributed by atoms with E-state index in [9.17, 15) is 27.5 Å². The monoisotopic (exact) mass is 343 g/mol. The van der Waals surface area contributed by atoms with Crippen LogP contribution in [0.2, 0.25) is 0 Å². The van der Waals surface area contributed by atoms with E-state index in [1.165, 1.54) is 12.1 Å². The molecular formula is C11H10BrF4NO2. The molecule has 2 N–H and O–H groups in total. The highest BCUT2D eigenvalue weighted by atomic mass is 79.9. The summed E-state index contributed by atoms with van der Waals surface area (Å²) in [6.07, 6.45) is -6.49. The molecule has 8 heteroatoms. The van der Waals surface area contributed by atoms with Crippen molar-refractivity contribution in [3.63, 3.8) is 0 Å². The molecule has 0 saturated carbocycles. The maximum absolute atomic E-state index is 13.3. The van der Waals surface area contributed by atoms with Gasteiger partial charge in [0.25, 0.3) is 0 Å². The molecule has 1 aromatic rings. The van der Waals surface area contributed by atoms with Crippen LogP contribution in [0.25, 0.3) is 0 Å². The number of hydrogen-bond acceptors (Lipinski definition) is 2. The summed E-state index contributed by atoms with van der Waals surface area (Å²) < 4.78 is 49.5. The lowest BCUT2D eigenvalue weighted by molar-refractivity contribution is -0.173. The van der Waals surface area contributed by atoms with E-state index in [1.54, 1.807) is 5.32 Å². The minimum atomic E-state index is -4.97. The number of nitrogens with one attached hydrogen (secondary N) is 1. The number of carbonyl (C=O) groups excluding carboxylic acids is 1. The highest BCUT2D eigenvalue weighted by molar-refractivity contribution is 9.10. The van der Waals surface area contributed by atoms with Crippen molar-refractivity contribution in [2.75, 3.05) is 6.54 Å². The lowest BCUT2D eigenvalue weighted by Crippen LogP contribution is -2.37. The zero-order valence-corrected chi connectivity index (χ0v) is 11.1. The third-order valence-electron chi connectivity index (χ3n) is 2.28. The van der Waals surface area contributed by atoms with Crippen LogP contribution in [-0.4, -0.2) is 23.7 Å². The SMILES string of the molecule is O=C(NCCC(O)c1cc(Br)ccc1F)C(F)(F)F. The van der Waals surface area contributed by atoms with Crippen molar-refractivity contribution < 1.29 is 27.5 Å². The van der Waals surface area contributed by atoms with Gasteiger partial charge in [0, 0.05) is 16.6 Å². The second-order valence-corrected chi connectivity index (χ2v) is 4.64. The van der Waals surface area contributed by atoms with E-state index in [1.807, 2.05) is 0 Å². The molecule has 1 atom stereocenters. The number of halogens is 5. The van der Waals surface area contributed by atoms with Crippen LogP contribution in [0.15, 0.2) is 22.7 Å². The number of amides is 1. The summed E-state index contributed by atoms with van der Waals surface area (Å²) in [5, 5.41) is 11.2. The Balaban J connectivity index is 2.54. The molecular weight excluding hydrogens is 334 g/mol. The summed E-state index contributed by atoms with van der Waals surface area (Å²) >= 11 is 3.09. The summed E-state index contributed by atoms with van der Waals surface area (Å²) in [5.41, 5.74) is -0.0457. The summed E-state index contributed by atoms with van der Waals surface area (Å²) in [6, 6.07) is 3.87. The molecule has 1 aromatic carbocycles. The molecule has 1 amide bonds. The van der Waals surface area contributed by atoms with Crippen LogP contribution in [0.4, 0.5) is 17.6 Å². The Kier molecular flexibility index (Phi) is 5.30. The third-order valence-corrected chi connectivity index (χ3v) is 2.77. The number of aliphatic hydroxyl groups excluding tert-OH is 1. The number of alkyl halides is 3. The van der Waals surface area contributed by atoms with Gasteiger partial charge in [0.05, 0.1) is 6.10 Å². The van der Waals surface area contributed by atoms with Crippen LogP contribution < -0.4 is 5.32 Å². The molecule has 0 spiro atoms. The van der Waals surface area contributed by atoms with Gasteiger partial charge in [-0.25, -0.2) is 4.39 Å². The van der Waals surface area contributed by atoms with Crippen molar-refractivity contribution in [2.24, 2.45) is 0 Å². The Hall–Kier alpha value is -1.15. The topological polar surface area (TPSA) is 49.3 Å². The average Bonchev–Trinajstić information content (AvgIpc) is 2.30. The molecule has 0 bridgehead atoms. The Morgan fingerprint density at radius 1 is 1.42 bits per heavy atom. The van der Waals surface area contributed by atoms with E-state index in [4.69, 9.17) is 0 Å².